The maximum Gasteiger partial charge on any atom is 0.416 e. The summed E-state index contributed by atoms with van der Waals surface area (Å²) in [5, 5.41) is 22.5. The van der Waals surface area contributed by atoms with Crippen molar-refractivity contribution in [2.75, 3.05) is 35.5 Å². The molecule has 0 saturated heterocycles. The molecule has 0 aliphatic carbocycles. The highest BCUT2D eigenvalue weighted by molar-refractivity contribution is 6.43. The zero-order valence-electron chi connectivity index (χ0n) is 46.4. The van der Waals surface area contributed by atoms with E-state index >= 15 is 0 Å². The van der Waals surface area contributed by atoms with E-state index in [0.717, 1.165) is 21.9 Å². The molecule has 1 unspecified atom stereocenters. The first-order valence-electron chi connectivity index (χ1n) is 24.6. The molecular formula is C58H52Cl3F5N8O11. The van der Waals surface area contributed by atoms with Gasteiger partial charge in [-0.05, 0) is 73.9 Å². The molecule has 27 heteroatoms. The lowest BCUT2D eigenvalue weighted by Crippen LogP contribution is -2.39. The van der Waals surface area contributed by atoms with Gasteiger partial charge < -0.3 is 33.4 Å². The number of nitrogens with zero attached hydrogens (tertiary/aromatic N) is 8. The number of nitriles is 1. The predicted molar refractivity (Wildman–Crippen MR) is 303 cm³/mol. The van der Waals surface area contributed by atoms with Crippen molar-refractivity contribution in [3.63, 3.8) is 0 Å². The molecular weight excluding hydrogens is 1190 g/mol. The van der Waals surface area contributed by atoms with Crippen molar-refractivity contribution in [2.24, 2.45) is 17.4 Å². The number of aryl methyl sites for hydroxylation is 1. The summed E-state index contributed by atoms with van der Waals surface area (Å²) in [7, 11) is 7.95. The number of hydroxylamine groups is 2. The number of rotatable bonds is 20. The fraction of sp³-hybridized carbons (Fsp3) is 0.224. The Balaban J connectivity index is 0.000000234. The van der Waals surface area contributed by atoms with E-state index in [1.165, 1.54) is 98.6 Å². The summed E-state index contributed by atoms with van der Waals surface area (Å²) in [5.74, 6) is -0.904. The number of carbonyl (C=O) groups is 3. The first-order chi connectivity index (χ1) is 40.6. The van der Waals surface area contributed by atoms with E-state index < -0.39 is 47.7 Å². The van der Waals surface area contributed by atoms with Crippen molar-refractivity contribution in [3.05, 3.63) is 199 Å². The van der Waals surface area contributed by atoms with Crippen LogP contribution in [0.2, 0.25) is 15.1 Å². The summed E-state index contributed by atoms with van der Waals surface area (Å²) in [6.45, 7) is 3.17. The van der Waals surface area contributed by atoms with Gasteiger partial charge in [-0.3, -0.25) is 14.3 Å². The molecule has 85 heavy (non-hydrogen) atoms. The zero-order valence-corrected chi connectivity index (χ0v) is 48.6. The van der Waals surface area contributed by atoms with E-state index in [4.69, 9.17) is 73.0 Å². The Morgan fingerprint density at radius 3 is 1.99 bits per heavy atom. The highest BCUT2D eigenvalue weighted by Gasteiger charge is 2.32. The van der Waals surface area contributed by atoms with Gasteiger partial charge in [0, 0.05) is 45.0 Å². The van der Waals surface area contributed by atoms with Crippen LogP contribution >= 0.6 is 34.8 Å². The molecule has 0 N–H and O–H groups in total. The van der Waals surface area contributed by atoms with Gasteiger partial charge in [-0.1, -0.05) is 112 Å². The van der Waals surface area contributed by atoms with Gasteiger partial charge in [0.1, 0.15) is 48.9 Å². The number of oxime groups is 2. The summed E-state index contributed by atoms with van der Waals surface area (Å²) >= 11 is 18.2. The van der Waals surface area contributed by atoms with E-state index in [1.807, 2.05) is 0 Å². The number of esters is 2. The van der Waals surface area contributed by atoms with Crippen LogP contribution in [0.5, 0.6) is 23.3 Å². The lowest BCUT2D eigenvalue weighted by Gasteiger charge is -2.27. The van der Waals surface area contributed by atoms with Gasteiger partial charge in [-0.2, -0.15) is 23.5 Å². The zero-order chi connectivity index (χ0) is 62.4. The minimum absolute atomic E-state index is 0.0484. The number of alkyl halides is 5. The topological polar surface area (TPSA) is 220 Å². The number of benzene rings is 5. The molecule has 0 aliphatic rings. The highest BCUT2D eigenvalue weighted by Crippen LogP contribution is 2.34. The smallest absolute Gasteiger partial charge is 0.416 e. The second-order valence-electron chi connectivity index (χ2n) is 17.2. The second kappa shape index (κ2) is 32.1. The van der Waals surface area contributed by atoms with Crippen molar-refractivity contribution in [3.8, 4) is 29.3 Å². The van der Waals surface area contributed by atoms with Crippen LogP contribution in [0.25, 0.3) is 5.57 Å². The molecule has 7 aromatic rings. The van der Waals surface area contributed by atoms with E-state index in [-0.39, 0.29) is 52.9 Å². The third-order valence-corrected chi connectivity index (χ3v) is 12.3. The normalized spacial score (nSPS) is 11.8. The van der Waals surface area contributed by atoms with Gasteiger partial charge in [-0.15, -0.1) is 0 Å². The van der Waals surface area contributed by atoms with E-state index in [0.29, 0.717) is 54.4 Å². The fourth-order valence-corrected chi connectivity index (χ4v) is 8.50. The van der Waals surface area contributed by atoms with Crippen molar-refractivity contribution in [1.29, 1.82) is 5.26 Å². The van der Waals surface area contributed by atoms with E-state index in [9.17, 15) is 41.6 Å². The molecule has 2 heterocycles. The van der Waals surface area contributed by atoms with Crippen LogP contribution < -0.4 is 9.47 Å². The van der Waals surface area contributed by atoms with Crippen LogP contribution in [0.1, 0.15) is 75.3 Å². The van der Waals surface area contributed by atoms with Crippen LogP contribution in [0.15, 0.2) is 144 Å². The van der Waals surface area contributed by atoms with Gasteiger partial charge in [0.25, 0.3) is 12.3 Å². The lowest BCUT2D eigenvalue weighted by molar-refractivity contribution is -0.137. The largest absolute Gasteiger partial charge is 0.503 e. The highest BCUT2D eigenvalue weighted by atomic mass is 35.5. The molecule has 446 valence electrons. The monoisotopic (exact) mass is 1240 g/mol. The number of carbonyl (C=O) groups excluding carboxylic acids is 3. The Hall–Kier alpha value is -9.15. The Kier molecular flexibility index (Phi) is 25.1. The molecule has 0 fully saturated rings. The van der Waals surface area contributed by atoms with Gasteiger partial charge in [-0.25, -0.2) is 33.4 Å². The van der Waals surface area contributed by atoms with E-state index in [1.54, 1.807) is 79.7 Å². The average molecular weight is 1240 g/mol. The van der Waals surface area contributed by atoms with Crippen molar-refractivity contribution in [2.45, 2.75) is 45.5 Å². The van der Waals surface area contributed by atoms with Crippen LogP contribution in [0, 0.1) is 11.3 Å². The van der Waals surface area contributed by atoms with Gasteiger partial charge in [0.15, 0.2) is 5.71 Å². The number of amides is 1. The Bertz CT molecular complexity index is 3580. The summed E-state index contributed by atoms with van der Waals surface area (Å²) in [6.07, 6.45) is -3.32. The average Bonchev–Trinajstić information content (AvgIpc) is 3.60. The number of hydrogen-bond acceptors (Lipinski definition) is 17. The van der Waals surface area contributed by atoms with E-state index in [2.05, 4.69) is 31.4 Å². The summed E-state index contributed by atoms with van der Waals surface area (Å²) < 4.78 is 92.0. The molecule has 1 amide bonds. The maximum atomic E-state index is 13.1. The quantitative estimate of drug-likeness (QED) is 0.0173. The maximum absolute atomic E-state index is 13.1. The Labute approximate surface area is 499 Å². The first-order valence-corrected chi connectivity index (χ1v) is 25.7. The standard InChI is InChI=1S/C22H17N3O5.C20H19F3N2O4.C16H16Cl3F2N3O2/c1-27-13-17(22(26)28-2)16-8-4-6-10-19(16)30-21-11-20(24-14-25-21)29-18-9-5-3-7-15(18)12-23;1-13(14-8-6-9-16(11-14)20(21,22)23)24-29-12-15-7-4-5-10-17(15)18(25-28-3)19(26)27-2;1-8(4-10-12(18)5-9(17)6-13(10)19)24(26-3)16(25)11-7-23(2)22-14(11)15(20)21/h3-11,13-14H,1-2H3;4-11H,12H2,1-3H3;5-8,15H,4H2,1-3H3/b17-13+;24-13+,25-18+;. The molecule has 0 saturated carbocycles. The molecule has 19 nitrogen and oxygen atoms in total. The fourth-order valence-electron chi connectivity index (χ4n) is 7.53. The van der Waals surface area contributed by atoms with Crippen LogP contribution in [0.3, 0.4) is 0 Å². The first kappa shape index (κ1) is 66.6. The number of halogens is 8. The van der Waals surface area contributed by atoms with Crippen molar-refractivity contribution >= 4 is 69.6 Å². The minimum atomic E-state index is -4.44. The number of hydrogen-bond donors (Lipinski definition) is 0. The summed E-state index contributed by atoms with van der Waals surface area (Å²) in [6, 6.07) is 31.3. The van der Waals surface area contributed by atoms with Crippen LogP contribution in [-0.4, -0.2) is 95.7 Å². The van der Waals surface area contributed by atoms with Crippen molar-refractivity contribution < 1.29 is 74.5 Å². The molecule has 2 aromatic heterocycles. The Morgan fingerprint density at radius 1 is 0.776 bits per heavy atom. The van der Waals surface area contributed by atoms with Gasteiger partial charge in [0.05, 0.1) is 69.2 Å². The molecule has 0 bridgehead atoms. The minimum Gasteiger partial charge on any atom is -0.503 e. The number of ether oxygens (including phenoxy) is 5. The number of methoxy groups -OCH3 is 3. The molecule has 5 aromatic carbocycles. The number of para-hydroxylation sites is 2. The third kappa shape index (κ3) is 18.7. The third-order valence-electron chi connectivity index (χ3n) is 11.4. The molecule has 0 radical (unpaired) electrons. The molecule has 7 rings (SSSR count). The van der Waals surface area contributed by atoms with Gasteiger partial charge >= 0.3 is 18.1 Å². The SMILES string of the molecule is CO/C=C(/C(=O)OC)c1ccccc1Oc1cc(Oc2ccccc2C#N)ncn1.CO/N=C(/C(=O)OC)c1ccccc1CO/N=C(\C)c1cccc(C(F)(F)F)c1.CON(C(=O)c1cn(C)nc1C(F)F)C(C)Cc1c(Cl)cc(Cl)cc1Cl. The Morgan fingerprint density at radius 2 is 1.39 bits per heavy atom. The molecule has 0 spiro atoms. The van der Waals surface area contributed by atoms with Crippen LogP contribution in [0.4, 0.5) is 22.0 Å². The molecule has 0 aliphatic heterocycles. The summed E-state index contributed by atoms with van der Waals surface area (Å²) in [4.78, 5) is 60.0. The molecule has 1 atom stereocenters. The van der Waals surface area contributed by atoms with Crippen molar-refractivity contribution in [1.82, 2.24) is 24.8 Å². The lowest BCUT2D eigenvalue weighted by atomic mass is 10.0. The number of aromatic nitrogens is 4. The predicted octanol–water partition coefficient (Wildman–Crippen LogP) is 13.2. The summed E-state index contributed by atoms with van der Waals surface area (Å²) in [5.41, 5.74) is 1.47. The van der Waals surface area contributed by atoms with Crippen LogP contribution in [-0.2, 0) is 64.6 Å². The second-order valence-corrected chi connectivity index (χ2v) is 18.4. The van der Waals surface area contributed by atoms with Gasteiger partial charge in [0.2, 0.25) is 11.8 Å².